The molecule has 1 amide bonds. The molecule has 0 unspecified atom stereocenters. The number of hydrogen-bond donors (Lipinski definition) is 2. The predicted molar refractivity (Wildman–Crippen MR) is 66.2 cm³/mol. The molecule has 0 aliphatic heterocycles. The van der Waals surface area contributed by atoms with Crippen molar-refractivity contribution in [2.24, 2.45) is 0 Å². The van der Waals surface area contributed by atoms with Crippen molar-refractivity contribution in [3.63, 3.8) is 0 Å². The van der Waals surface area contributed by atoms with Crippen molar-refractivity contribution in [2.45, 2.75) is 44.1 Å². The highest BCUT2D eigenvalue weighted by Crippen LogP contribution is 2.39. The van der Waals surface area contributed by atoms with Crippen molar-refractivity contribution in [2.75, 3.05) is 11.9 Å². The molecule has 0 radical (unpaired) electrons. The van der Waals surface area contributed by atoms with Crippen LogP contribution in [0.1, 0.15) is 43.8 Å². The van der Waals surface area contributed by atoms with Gasteiger partial charge >= 0.3 is 0 Å². The lowest BCUT2D eigenvalue weighted by Crippen LogP contribution is -2.27. The summed E-state index contributed by atoms with van der Waals surface area (Å²) in [5, 5.41) is 6.96. The summed E-state index contributed by atoms with van der Waals surface area (Å²) in [5.41, 5.74) is 0. The molecule has 17 heavy (non-hydrogen) atoms. The first-order valence-corrected chi connectivity index (χ1v) is 6.95. The zero-order valence-electron chi connectivity index (χ0n) is 9.61. The summed E-state index contributed by atoms with van der Waals surface area (Å²) in [4.78, 5) is 15.8. The van der Waals surface area contributed by atoms with E-state index in [1.165, 1.54) is 24.4 Å². The van der Waals surface area contributed by atoms with E-state index in [0.717, 1.165) is 23.8 Å². The Kier molecular flexibility index (Phi) is 2.96. The van der Waals surface area contributed by atoms with E-state index >= 15 is 0 Å². The minimum Gasteiger partial charge on any atom is -0.360 e. The summed E-state index contributed by atoms with van der Waals surface area (Å²) in [5.74, 6) is 1.70. The molecular weight excluding hydrogens is 236 g/mol. The van der Waals surface area contributed by atoms with E-state index in [2.05, 4.69) is 20.0 Å². The molecule has 92 valence electrons. The molecule has 6 heteroatoms. The van der Waals surface area contributed by atoms with Crippen molar-refractivity contribution >= 4 is 22.6 Å². The predicted octanol–water partition coefficient (Wildman–Crippen LogP) is 1.50. The number of nitrogens with one attached hydrogen (secondary N) is 2. The van der Waals surface area contributed by atoms with Gasteiger partial charge in [0.2, 0.25) is 11.0 Å². The minimum absolute atomic E-state index is 0.131. The van der Waals surface area contributed by atoms with Crippen molar-refractivity contribution in [1.82, 2.24) is 14.7 Å². The first-order chi connectivity index (χ1) is 8.31. The van der Waals surface area contributed by atoms with Gasteiger partial charge in [0.1, 0.15) is 5.82 Å². The van der Waals surface area contributed by atoms with Gasteiger partial charge in [0.25, 0.3) is 0 Å². The zero-order valence-corrected chi connectivity index (χ0v) is 10.4. The second-order valence-electron chi connectivity index (χ2n) is 4.75. The van der Waals surface area contributed by atoms with Gasteiger partial charge in [0.15, 0.2) is 0 Å². The molecule has 1 aromatic heterocycles. The second-order valence-corrected chi connectivity index (χ2v) is 5.50. The van der Waals surface area contributed by atoms with Crippen LogP contribution in [0.4, 0.5) is 5.13 Å². The van der Waals surface area contributed by atoms with E-state index in [0.29, 0.717) is 24.9 Å². The van der Waals surface area contributed by atoms with Crippen molar-refractivity contribution in [3.05, 3.63) is 5.82 Å². The quantitative estimate of drug-likeness (QED) is 0.805. The molecule has 2 aliphatic rings. The molecule has 2 aliphatic carbocycles. The molecule has 0 spiro atoms. The molecule has 2 saturated carbocycles. The van der Waals surface area contributed by atoms with Gasteiger partial charge in [-0.05, 0) is 25.7 Å². The third-order valence-electron chi connectivity index (χ3n) is 2.95. The fourth-order valence-electron chi connectivity index (χ4n) is 1.62. The summed E-state index contributed by atoms with van der Waals surface area (Å²) < 4.78 is 4.30. The lowest BCUT2D eigenvalue weighted by Gasteiger charge is -2.03. The van der Waals surface area contributed by atoms with Crippen LogP contribution in [-0.4, -0.2) is 27.9 Å². The van der Waals surface area contributed by atoms with Gasteiger partial charge in [-0.1, -0.05) is 0 Å². The van der Waals surface area contributed by atoms with Gasteiger partial charge in [-0.25, -0.2) is 4.98 Å². The maximum atomic E-state index is 11.4. The SMILES string of the molecule is O=C(CCNc1nc(C2CC2)ns1)NC1CC1. The topological polar surface area (TPSA) is 66.9 Å². The second kappa shape index (κ2) is 4.60. The van der Waals surface area contributed by atoms with Crippen LogP contribution >= 0.6 is 11.5 Å². The Morgan fingerprint density at radius 1 is 1.35 bits per heavy atom. The lowest BCUT2D eigenvalue weighted by atomic mass is 10.4. The zero-order chi connectivity index (χ0) is 11.7. The Bertz CT molecular complexity index is 411. The van der Waals surface area contributed by atoms with Crippen molar-refractivity contribution in [1.29, 1.82) is 0 Å². The maximum Gasteiger partial charge on any atom is 0.221 e. The molecule has 0 saturated heterocycles. The molecule has 0 atom stereocenters. The maximum absolute atomic E-state index is 11.4. The van der Waals surface area contributed by atoms with Crippen LogP contribution in [0.3, 0.4) is 0 Å². The molecule has 0 aromatic carbocycles. The van der Waals surface area contributed by atoms with Gasteiger partial charge in [0, 0.05) is 36.5 Å². The normalized spacial score (nSPS) is 19.1. The Morgan fingerprint density at radius 3 is 2.88 bits per heavy atom. The first kappa shape index (κ1) is 11.0. The van der Waals surface area contributed by atoms with Crippen LogP contribution < -0.4 is 10.6 Å². The van der Waals surface area contributed by atoms with E-state index in [1.54, 1.807) is 0 Å². The summed E-state index contributed by atoms with van der Waals surface area (Å²) >= 11 is 1.39. The molecule has 2 fully saturated rings. The number of carbonyl (C=O) groups is 1. The van der Waals surface area contributed by atoms with Crippen LogP contribution in [0, 0.1) is 0 Å². The number of aromatic nitrogens is 2. The highest BCUT2D eigenvalue weighted by molar-refractivity contribution is 7.09. The van der Waals surface area contributed by atoms with Crippen molar-refractivity contribution < 1.29 is 4.79 Å². The highest BCUT2D eigenvalue weighted by atomic mass is 32.1. The fraction of sp³-hybridized carbons (Fsp3) is 0.727. The van der Waals surface area contributed by atoms with Crippen molar-refractivity contribution in [3.8, 4) is 0 Å². The molecule has 3 rings (SSSR count). The number of amides is 1. The third kappa shape index (κ3) is 3.15. The summed E-state index contributed by atoms with van der Waals surface area (Å²) in [6.07, 6.45) is 5.23. The largest absolute Gasteiger partial charge is 0.360 e. The number of anilines is 1. The molecule has 1 aromatic rings. The molecule has 2 N–H and O–H groups in total. The Hall–Kier alpha value is -1.17. The van der Waals surface area contributed by atoms with E-state index in [9.17, 15) is 4.79 Å². The fourth-order valence-corrected chi connectivity index (χ4v) is 2.30. The van der Waals surface area contributed by atoms with Crippen LogP contribution in [0.25, 0.3) is 0 Å². The molecule has 5 nitrogen and oxygen atoms in total. The van der Waals surface area contributed by atoms with Gasteiger partial charge in [-0.2, -0.15) is 4.37 Å². The van der Waals surface area contributed by atoms with Gasteiger partial charge in [0.05, 0.1) is 0 Å². The van der Waals surface area contributed by atoms with Gasteiger partial charge in [-0.15, -0.1) is 0 Å². The Morgan fingerprint density at radius 2 is 2.18 bits per heavy atom. The summed E-state index contributed by atoms with van der Waals surface area (Å²) in [6.45, 7) is 0.637. The van der Waals surface area contributed by atoms with Crippen LogP contribution in [0.2, 0.25) is 0 Å². The van der Waals surface area contributed by atoms with Crippen LogP contribution in [-0.2, 0) is 4.79 Å². The van der Waals surface area contributed by atoms with E-state index in [4.69, 9.17) is 0 Å². The number of rotatable bonds is 6. The number of nitrogens with zero attached hydrogens (tertiary/aromatic N) is 2. The van der Waals surface area contributed by atoms with Gasteiger partial charge < -0.3 is 10.6 Å². The van der Waals surface area contributed by atoms with Crippen LogP contribution in [0.5, 0.6) is 0 Å². The van der Waals surface area contributed by atoms with E-state index in [1.807, 2.05) is 0 Å². The monoisotopic (exact) mass is 252 g/mol. The van der Waals surface area contributed by atoms with Gasteiger partial charge in [-0.3, -0.25) is 4.79 Å². The minimum atomic E-state index is 0.131. The van der Waals surface area contributed by atoms with Crippen LogP contribution in [0.15, 0.2) is 0 Å². The first-order valence-electron chi connectivity index (χ1n) is 6.18. The average molecular weight is 252 g/mol. The standard InChI is InChI=1S/C11H16N4OS/c16-9(13-8-3-4-8)5-6-12-11-14-10(15-17-11)7-1-2-7/h7-8H,1-6H2,(H,13,16)(H,12,14,15). The summed E-state index contributed by atoms with van der Waals surface area (Å²) in [7, 11) is 0. The van der Waals surface area contributed by atoms with E-state index < -0.39 is 0 Å². The number of hydrogen-bond acceptors (Lipinski definition) is 5. The summed E-state index contributed by atoms with van der Waals surface area (Å²) in [6, 6.07) is 0.450. The van der Waals surface area contributed by atoms with E-state index in [-0.39, 0.29) is 5.91 Å². The molecule has 0 bridgehead atoms. The smallest absolute Gasteiger partial charge is 0.221 e. The molecular formula is C11H16N4OS. The average Bonchev–Trinajstić information content (AvgIpc) is 3.21. The molecule has 1 heterocycles. The highest BCUT2D eigenvalue weighted by Gasteiger charge is 2.27. The number of carbonyl (C=O) groups excluding carboxylic acids is 1. The third-order valence-corrected chi connectivity index (χ3v) is 3.64. The lowest BCUT2D eigenvalue weighted by molar-refractivity contribution is -0.120. The Labute approximate surface area is 104 Å². The Balaban J connectivity index is 1.38.